The van der Waals surface area contributed by atoms with Crippen LogP contribution in [0.4, 0.5) is 0 Å². The second-order valence-corrected chi connectivity index (χ2v) is 9.00. The summed E-state index contributed by atoms with van der Waals surface area (Å²) in [5.41, 5.74) is 4.37. The van der Waals surface area contributed by atoms with E-state index in [0.29, 0.717) is 11.6 Å². The van der Waals surface area contributed by atoms with Crippen LogP contribution in [0, 0.1) is 6.92 Å². The first kappa shape index (κ1) is 20.5. The summed E-state index contributed by atoms with van der Waals surface area (Å²) in [7, 11) is 0. The Morgan fingerprint density at radius 3 is 2.53 bits per heavy atom. The van der Waals surface area contributed by atoms with Crippen LogP contribution in [0.25, 0.3) is 20.7 Å². The van der Waals surface area contributed by atoms with E-state index >= 15 is 0 Å². The third-order valence-electron chi connectivity index (χ3n) is 4.91. The van der Waals surface area contributed by atoms with E-state index < -0.39 is 5.97 Å². The maximum Gasteiger partial charge on any atom is 0.352 e. The predicted octanol–water partition coefficient (Wildman–Crippen LogP) is 6.87. The van der Waals surface area contributed by atoms with Gasteiger partial charge in [0.15, 0.2) is 0 Å². The molecule has 0 aliphatic carbocycles. The fraction of sp³-hybridized carbons (Fsp3) is 0.208. The molecular formula is C24H22ClNO3S. The molecule has 0 aliphatic heterocycles. The number of hydrogen-bond donors (Lipinski definition) is 1. The average molecular weight is 440 g/mol. The van der Waals surface area contributed by atoms with Gasteiger partial charge in [-0.2, -0.15) is 0 Å². The zero-order valence-electron chi connectivity index (χ0n) is 17.0. The van der Waals surface area contributed by atoms with Gasteiger partial charge in [0.2, 0.25) is 0 Å². The second-order valence-electron chi connectivity index (χ2n) is 7.51. The Bertz CT molecular complexity index is 1220. The molecule has 154 valence electrons. The van der Waals surface area contributed by atoms with E-state index in [9.17, 15) is 9.90 Å². The molecule has 0 atom stereocenters. The van der Waals surface area contributed by atoms with Crippen molar-refractivity contribution in [3.05, 3.63) is 76.4 Å². The van der Waals surface area contributed by atoms with Gasteiger partial charge < -0.3 is 14.4 Å². The number of nitrogens with zero attached hydrogens (tertiary/aromatic N) is 1. The smallest absolute Gasteiger partial charge is 0.352 e. The zero-order chi connectivity index (χ0) is 21.4. The van der Waals surface area contributed by atoms with Gasteiger partial charge in [-0.1, -0.05) is 23.7 Å². The molecule has 0 bridgehead atoms. The molecule has 6 heteroatoms. The van der Waals surface area contributed by atoms with E-state index in [1.807, 2.05) is 61.7 Å². The first-order chi connectivity index (χ1) is 14.3. The summed E-state index contributed by atoms with van der Waals surface area (Å²) in [5.74, 6) is -0.0947. The van der Waals surface area contributed by atoms with Crippen LogP contribution in [-0.4, -0.2) is 21.7 Å². The summed E-state index contributed by atoms with van der Waals surface area (Å²) in [5, 5.41) is 10.4. The Morgan fingerprint density at radius 2 is 1.90 bits per heavy atom. The summed E-state index contributed by atoms with van der Waals surface area (Å²) in [4.78, 5) is 13.0. The number of halogens is 1. The minimum atomic E-state index is -0.934. The zero-order valence-corrected chi connectivity index (χ0v) is 18.6. The fourth-order valence-corrected chi connectivity index (χ4v) is 5.14. The molecule has 2 heterocycles. The van der Waals surface area contributed by atoms with Crippen molar-refractivity contribution in [2.45, 2.75) is 33.4 Å². The Balaban J connectivity index is 1.79. The number of ether oxygens (including phenoxy) is 1. The molecule has 0 fully saturated rings. The van der Waals surface area contributed by atoms with Crippen molar-refractivity contribution in [1.29, 1.82) is 0 Å². The van der Waals surface area contributed by atoms with Gasteiger partial charge in [0.05, 0.1) is 16.3 Å². The van der Waals surface area contributed by atoms with Gasteiger partial charge in [0.25, 0.3) is 0 Å². The van der Waals surface area contributed by atoms with E-state index in [0.717, 1.165) is 37.5 Å². The highest BCUT2D eigenvalue weighted by molar-refractivity contribution is 7.22. The molecule has 0 radical (unpaired) electrons. The van der Waals surface area contributed by atoms with Gasteiger partial charge in [-0.3, -0.25) is 0 Å². The van der Waals surface area contributed by atoms with Crippen LogP contribution in [0.15, 0.2) is 54.6 Å². The predicted molar refractivity (Wildman–Crippen MR) is 123 cm³/mol. The molecule has 30 heavy (non-hydrogen) atoms. The van der Waals surface area contributed by atoms with Crippen molar-refractivity contribution in [2.75, 3.05) is 0 Å². The third kappa shape index (κ3) is 3.95. The summed E-state index contributed by atoms with van der Waals surface area (Å²) >= 11 is 7.74. The summed E-state index contributed by atoms with van der Waals surface area (Å²) in [6.45, 7) is 6.50. The number of carboxylic acids is 1. The van der Waals surface area contributed by atoms with E-state index in [4.69, 9.17) is 16.3 Å². The number of rotatable bonds is 6. The van der Waals surface area contributed by atoms with Gasteiger partial charge in [-0.05, 0) is 79.9 Å². The number of hydrogen-bond acceptors (Lipinski definition) is 3. The van der Waals surface area contributed by atoms with Crippen molar-refractivity contribution in [3.8, 4) is 16.2 Å². The summed E-state index contributed by atoms with van der Waals surface area (Å²) in [6, 6.07) is 17.3. The number of aryl methyl sites for hydroxylation is 1. The van der Waals surface area contributed by atoms with E-state index in [-0.39, 0.29) is 11.8 Å². The standard InChI is InChI=1S/C24H22ClNO3S/c1-14(2)29-19-9-7-17(8-10-19)23-15(3)22-21(30-23)12-20(24(27)28)26(22)13-16-5-4-6-18(25)11-16/h4-12,14H,13H2,1-3H3,(H,27,28). The monoisotopic (exact) mass is 439 g/mol. The van der Waals surface area contributed by atoms with E-state index in [1.165, 1.54) is 0 Å². The van der Waals surface area contributed by atoms with Crippen LogP contribution in [0.2, 0.25) is 5.02 Å². The van der Waals surface area contributed by atoms with Gasteiger partial charge in [0, 0.05) is 16.4 Å². The van der Waals surface area contributed by atoms with Gasteiger partial charge in [-0.15, -0.1) is 11.3 Å². The molecule has 4 aromatic rings. The SMILES string of the molecule is Cc1c(-c2ccc(OC(C)C)cc2)sc2cc(C(=O)O)n(Cc3cccc(Cl)c3)c12. The molecule has 0 aliphatic rings. The number of aromatic nitrogens is 1. The van der Waals surface area contributed by atoms with E-state index in [1.54, 1.807) is 17.4 Å². The van der Waals surface area contributed by atoms with Crippen LogP contribution < -0.4 is 4.74 Å². The lowest BCUT2D eigenvalue weighted by Gasteiger charge is -2.11. The number of thiophene rings is 1. The minimum Gasteiger partial charge on any atom is -0.491 e. The fourth-order valence-electron chi connectivity index (χ4n) is 3.67. The van der Waals surface area contributed by atoms with Crippen LogP contribution in [-0.2, 0) is 6.54 Å². The average Bonchev–Trinajstić information content (AvgIpc) is 3.20. The molecule has 1 N–H and O–H groups in total. The molecule has 0 saturated carbocycles. The molecule has 4 rings (SSSR count). The number of fused-ring (bicyclic) bond motifs is 1. The molecule has 0 spiro atoms. The normalized spacial score (nSPS) is 11.4. The first-order valence-electron chi connectivity index (χ1n) is 9.71. The van der Waals surface area contributed by atoms with E-state index in [2.05, 4.69) is 12.1 Å². The minimum absolute atomic E-state index is 0.128. The second kappa shape index (κ2) is 8.17. The number of carboxylic acid groups (broad SMARTS) is 1. The maximum atomic E-state index is 11.9. The highest BCUT2D eigenvalue weighted by Gasteiger charge is 2.21. The lowest BCUT2D eigenvalue weighted by Crippen LogP contribution is -2.09. The lowest BCUT2D eigenvalue weighted by molar-refractivity contribution is 0.0686. The maximum absolute atomic E-state index is 11.9. The van der Waals surface area contributed by atoms with Crippen LogP contribution >= 0.6 is 22.9 Å². The van der Waals surface area contributed by atoms with Gasteiger partial charge in [-0.25, -0.2) is 4.79 Å². The topological polar surface area (TPSA) is 51.5 Å². The Kier molecular flexibility index (Phi) is 5.58. The largest absolute Gasteiger partial charge is 0.491 e. The third-order valence-corrected chi connectivity index (χ3v) is 6.42. The lowest BCUT2D eigenvalue weighted by atomic mass is 10.1. The van der Waals surface area contributed by atoms with Crippen LogP contribution in [0.5, 0.6) is 5.75 Å². The molecular weight excluding hydrogens is 418 g/mol. The number of benzene rings is 2. The highest BCUT2D eigenvalue weighted by atomic mass is 35.5. The Labute approximate surface area is 184 Å². The van der Waals surface area contributed by atoms with Crippen molar-refractivity contribution >= 4 is 39.1 Å². The highest BCUT2D eigenvalue weighted by Crippen LogP contribution is 2.40. The Hall–Kier alpha value is -2.76. The van der Waals surface area contributed by atoms with Crippen LogP contribution in [0.3, 0.4) is 0 Å². The van der Waals surface area contributed by atoms with Crippen molar-refractivity contribution in [3.63, 3.8) is 0 Å². The van der Waals surface area contributed by atoms with Crippen molar-refractivity contribution in [1.82, 2.24) is 4.57 Å². The van der Waals surface area contributed by atoms with Gasteiger partial charge in [0.1, 0.15) is 11.4 Å². The first-order valence-corrected chi connectivity index (χ1v) is 10.9. The molecule has 2 aromatic carbocycles. The number of aromatic carboxylic acids is 1. The molecule has 2 aromatic heterocycles. The molecule has 0 amide bonds. The molecule has 0 unspecified atom stereocenters. The van der Waals surface area contributed by atoms with Crippen LogP contribution in [0.1, 0.15) is 35.5 Å². The van der Waals surface area contributed by atoms with Gasteiger partial charge >= 0.3 is 5.97 Å². The molecule has 0 saturated heterocycles. The quantitative estimate of drug-likeness (QED) is 0.356. The number of carbonyl (C=O) groups is 1. The summed E-state index contributed by atoms with van der Waals surface area (Å²) in [6.07, 6.45) is 0.128. The molecule has 4 nitrogen and oxygen atoms in total. The Morgan fingerprint density at radius 1 is 1.17 bits per heavy atom. The van der Waals surface area contributed by atoms with Crippen molar-refractivity contribution < 1.29 is 14.6 Å². The summed E-state index contributed by atoms with van der Waals surface area (Å²) < 4.78 is 8.57. The van der Waals surface area contributed by atoms with Crippen molar-refractivity contribution in [2.24, 2.45) is 0 Å².